The van der Waals surface area contributed by atoms with E-state index >= 15 is 0 Å². The fourth-order valence-electron chi connectivity index (χ4n) is 1.83. The SMILES string of the molecule is NC(=O)c1cccc[n+]1COC[n+]1ccccc1C=NO. The molecule has 7 heteroatoms. The minimum Gasteiger partial charge on any atom is -0.411 e. The third-order valence-electron chi connectivity index (χ3n) is 2.82. The summed E-state index contributed by atoms with van der Waals surface area (Å²) in [5.74, 6) is -0.514. The van der Waals surface area contributed by atoms with Crippen LogP contribution in [0, 0.1) is 0 Å². The van der Waals surface area contributed by atoms with Gasteiger partial charge in [0.15, 0.2) is 12.4 Å². The van der Waals surface area contributed by atoms with Crippen LogP contribution < -0.4 is 14.9 Å². The Hall–Kier alpha value is -2.80. The van der Waals surface area contributed by atoms with Crippen LogP contribution in [-0.2, 0) is 18.2 Å². The van der Waals surface area contributed by atoms with Crippen LogP contribution in [0.25, 0.3) is 0 Å². The van der Waals surface area contributed by atoms with E-state index in [9.17, 15) is 4.79 Å². The normalized spacial score (nSPS) is 10.9. The van der Waals surface area contributed by atoms with Crippen molar-refractivity contribution < 1.29 is 23.9 Å². The highest BCUT2D eigenvalue weighted by molar-refractivity contribution is 5.89. The number of hydrogen-bond acceptors (Lipinski definition) is 4. The maximum atomic E-state index is 11.3. The summed E-state index contributed by atoms with van der Waals surface area (Å²) in [6.45, 7) is 0.416. The number of primary amides is 1. The zero-order valence-electron chi connectivity index (χ0n) is 11.3. The molecule has 21 heavy (non-hydrogen) atoms. The number of pyridine rings is 2. The van der Waals surface area contributed by atoms with Crippen molar-refractivity contribution in [3.8, 4) is 0 Å². The van der Waals surface area contributed by atoms with E-state index in [-0.39, 0.29) is 13.5 Å². The van der Waals surface area contributed by atoms with Crippen molar-refractivity contribution >= 4 is 12.1 Å². The van der Waals surface area contributed by atoms with Gasteiger partial charge in [0.25, 0.3) is 19.2 Å². The molecule has 1 amide bonds. The molecule has 2 rings (SSSR count). The van der Waals surface area contributed by atoms with Crippen LogP contribution in [0.2, 0.25) is 0 Å². The Labute approximate surface area is 121 Å². The lowest BCUT2D eigenvalue weighted by Gasteiger charge is -2.02. The van der Waals surface area contributed by atoms with E-state index in [1.165, 1.54) is 6.21 Å². The molecule has 0 aliphatic heterocycles. The highest BCUT2D eigenvalue weighted by Gasteiger charge is 2.16. The van der Waals surface area contributed by atoms with E-state index in [1.807, 2.05) is 12.1 Å². The molecule has 0 aliphatic carbocycles. The maximum Gasteiger partial charge on any atom is 0.313 e. The molecule has 0 radical (unpaired) electrons. The van der Waals surface area contributed by atoms with Crippen molar-refractivity contribution in [3.63, 3.8) is 0 Å². The third-order valence-corrected chi connectivity index (χ3v) is 2.82. The van der Waals surface area contributed by atoms with Gasteiger partial charge >= 0.3 is 5.91 Å². The van der Waals surface area contributed by atoms with Gasteiger partial charge in [-0.3, -0.25) is 9.53 Å². The van der Waals surface area contributed by atoms with Crippen LogP contribution in [0.3, 0.4) is 0 Å². The van der Waals surface area contributed by atoms with E-state index in [2.05, 4.69) is 5.16 Å². The zero-order chi connectivity index (χ0) is 15.1. The number of carbonyl (C=O) groups excluding carboxylic acids is 1. The topological polar surface area (TPSA) is 92.7 Å². The largest absolute Gasteiger partial charge is 0.411 e. The summed E-state index contributed by atoms with van der Waals surface area (Å²) in [4.78, 5) is 11.3. The van der Waals surface area contributed by atoms with Crippen LogP contribution in [0.5, 0.6) is 0 Å². The highest BCUT2D eigenvalue weighted by Crippen LogP contribution is 1.92. The fraction of sp³-hybridized carbons (Fsp3) is 0.143. The number of carbonyl (C=O) groups is 1. The van der Waals surface area contributed by atoms with Gasteiger partial charge in [0.05, 0.1) is 0 Å². The first-order valence-corrected chi connectivity index (χ1v) is 6.24. The van der Waals surface area contributed by atoms with Crippen LogP contribution >= 0.6 is 0 Å². The summed E-state index contributed by atoms with van der Waals surface area (Å²) >= 11 is 0. The molecule has 0 atom stereocenters. The van der Waals surface area contributed by atoms with Crippen molar-refractivity contribution in [1.29, 1.82) is 0 Å². The summed E-state index contributed by atoms with van der Waals surface area (Å²) in [7, 11) is 0. The first-order valence-electron chi connectivity index (χ1n) is 6.24. The minimum atomic E-state index is -0.514. The highest BCUT2D eigenvalue weighted by atomic mass is 16.5. The van der Waals surface area contributed by atoms with Gasteiger partial charge in [-0.15, -0.1) is 0 Å². The van der Waals surface area contributed by atoms with E-state index in [0.29, 0.717) is 11.4 Å². The molecule has 0 aliphatic rings. The number of amides is 1. The second kappa shape index (κ2) is 7.11. The Morgan fingerprint density at radius 3 is 2.57 bits per heavy atom. The van der Waals surface area contributed by atoms with Crippen molar-refractivity contribution in [3.05, 3.63) is 60.2 Å². The number of aromatic nitrogens is 2. The number of nitrogens with two attached hydrogens (primary N) is 1. The molecule has 0 fully saturated rings. The molecule has 2 aromatic heterocycles. The van der Waals surface area contributed by atoms with Gasteiger partial charge < -0.3 is 10.9 Å². The molecule has 108 valence electrons. The van der Waals surface area contributed by atoms with E-state index in [0.717, 1.165) is 0 Å². The molecule has 0 bridgehead atoms. The van der Waals surface area contributed by atoms with Crippen molar-refractivity contribution in [2.45, 2.75) is 13.5 Å². The van der Waals surface area contributed by atoms with E-state index < -0.39 is 5.91 Å². The number of ether oxygens (including phenoxy) is 1. The summed E-state index contributed by atoms with van der Waals surface area (Å²) in [5, 5.41) is 11.6. The lowest BCUT2D eigenvalue weighted by atomic mass is 10.3. The van der Waals surface area contributed by atoms with Gasteiger partial charge in [0.1, 0.15) is 6.21 Å². The number of oxime groups is 1. The minimum absolute atomic E-state index is 0.177. The smallest absolute Gasteiger partial charge is 0.313 e. The summed E-state index contributed by atoms with van der Waals surface area (Å²) < 4.78 is 8.93. The molecule has 0 unspecified atom stereocenters. The Morgan fingerprint density at radius 2 is 1.86 bits per heavy atom. The molecule has 0 saturated carbocycles. The van der Waals surface area contributed by atoms with Crippen LogP contribution in [0.15, 0.2) is 53.9 Å². The Bertz CT molecular complexity index is 658. The standard InChI is InChI=1S/C14H14N4O3/c15-14(19)13-6-2-4-8-18(13)11-21-10-17-7-3-1-5-12(17)9-16-20/h1-9H,10-11H2,(H-,15,19)/p+2. The van der Waals surface area contributed by atoms with Gasteiger partial charge in [0.2, 0.25) is 5.69 Å². The summed E-state index contributed by atoms with van der Waals surface area (Å²) in [6, 6.07) is 10.6. The van der Waals surface area contributed by atoms with Crippen molar-refractivity contribution in [1.82, 2.24) is 0 Å². The molecular formula is C14H16N4O3+2. The summed E-state index contributed by atoms with van der Waals surface area (Å²) in [5.41, 5.74) is 6.35. The molecule has 0 aromatic carbocycles. The predicted molar refractivity (Wildman–Crippen MR) is 72.3 cm³/mol. The Balaban J connectivity index is 2.04. The van der Waals surface area contributed by atoms with Gasteiger partial charge in [-0.25, -0.2) is 0 Å². The van der Waals surface area contributed by atoms with Crippen LogP contribution in [0.4, 0.5) is 0 Å². The van der Waals surface area contributed by atoms with Gasteiger partial charge in [0, 0.05) is 24.3 Å². The van der Waals surface area contributed by atoms with Gasteiger partial charge in [-0.05, 0) is 12.1 Å². The Kier molecular flexibility index (Phi) is 4.94. The monoisotopic (exact) mass is 288 g/mol. The third kappa shape index (κ3) is 3.83. The van der Waals surface area contributed by atoms with Crippen LogP contribution in [0.1, 0.15) is 16.2 Å². The molecule has 3 N–H and O–H groups in total. The van der Waals surface area contributed by atoms with Crippen molar-refractivity contribution in [2.24, 2.45) is 10.9 Å². The zero-order valence-corrected chi connectivity index (χ0v) is 11.3. The average molecular weight is 288 g/mol. The van der Waals surface area contributed by atoms with E-state index in [1.54, 1.807) is 45.8 Å². The molecular weight excluding hydrogens is 272 g/mol. The van der Waals surface area contributed by atoms with Gasteiger partial charge in [-0.2, -0.15) is 9.13 Å². The molecule has 2 heterocycles. The fourth-order valence-corrected chi connectivity index (χ4v) is 1.83. The van der Waals surface area contributed by atoms with E-state index in [4.69, 9.17) is 15.7 Å². The van der Waals surface area contributed by atoms with Gasteiger partial charge in [-0.1, -0.05) is 5.16 Å². The number of hydrogen-bond donors (Lipinski definition) is 2. The first kappa shape index (κ1) is 14.6. The summed E-state index contributed by atoms with van der Waals surface area (Å²) in [6.07, 6.45) is 4.82. The maximum absolute atomic E-state index is 11.3. The molecule has 7 nitrogen and oxygen atoms in total. The molecule has 2 aromatic rings. The Morgan fingerprint density at radius 1 is 1.19 bits per heavy atom. The molecule has 0 spiro atoms. The lowest BCUT2D eigenvalue weighted by molar-refractivity contribution is -0.789. The first-order chi connectivity index (χ1) is 10.2. The number of rotatable bonds is 6. The average Bonchev–Trinajstić information content (AvgIpc) is 2.49. The molecule has 0 saturated heterocycles. The second-order valence-electron chi connectivity index (χ2n) is 4.22. The lowest BCUT2D eigenvalue weighted by Crippen LogP contribution is -2.46. The quantitative estimate of drug-likeness (QED) is 0.334. The van der Waals surface area contributed by atoms with Crippen LogP contribution in [-0.4, -0.2) is 17.3 Å². The second-order valence-corrected chi connectivity index (χ2v) is 4.22. The van der Waals surface area contributed by atoms with Crippen molar-refractivity contribution in [2.75, 3.05) is 0 Å². The predicted octanol–water partition coefficient (Wildman–Crippen LogP) is -0.200. The number of nitrogens with zero attached hydrogens (tertiary/aromatic N) is 3.